The lowest BCUT2D eigenvalue weighted by Crippen LogP contribution is -2.33. The molecule has 0 radical (unpaired) electrons. The van der Waals surface area contributed by atoms with Crippen molar-refractivity contribution in [1.82, 2.24) is 24.1 Å². The Balaban J connectivity index is 0.998. The van der Waals surface area contributed by atoms with Crippen molar-refractivity contribution in [3.63, 3.8) is 0 Å². The highest BCUT2D eigenvalue weighted by atomic mass is 15.0. The first-order chi connectivity index (χ1) is 32.2. The summed E-state index contributed by atoms with van der Waals surface area (Å²) in [5, 5.41) is 7.71. The molecule has 0 saturated heterocycles. The SMILES string of the molecule is CC1(C)CCC(C)(C)c2cc3c(cc21)c1c2ccccc2ccc1n3C1=CC(c2nc(C3=CC=C4C=CC=CC4C3)nc(-c3cccc(-n4c5ccccc5c5ccccc54)c3)n2)=CCC1. The minimum absolute atomic E-state index is 0.0817. The van der Waals surface area contributed by atoms with Gasteiger partial charge < -0.3 is 9.13 Å². The zero-order valence-corrected chi connectivity index (χ0v) is 38.0. The van der Waals surface area contributed by atoms with Gasteiger partial charge in [-0.05, 0) is 125 Å². The van der Waals surface area contributed by atoms with Gasteiger partial charge >= 0.3 is 0 Å². The van der Waals surface area contributed by atoms with E-state index in [0.717, 1.165) is 47.5 Å². The Hall–Kier alpha value is -7.37. The molecule has 5 heteroatoms. The fourth-order valence-electron chi connectivity index (χ4n) is 11.6. The number of benzene rings is 6. The Labute approximate surface area is 385 Å². The van der Waals surface area contributed by atoms with Crippen LogP contribution in [-0.4, -0.2) is 24.1 Å². The quantitative estimate of drug-likeness (QED) is 0.173. The van der Waals surface area contributed by atoms with Crippen molar-refractivity contribution in [3.8, 4) is 17.1 Å². The molecule has 5 nitrogen and oxygen atoms in total. The zero-order valence-electron chi connectivity index (χ0n) is 38.0. The maximum absolute atomic E-state index is 5.40. The van der Waals surface area contributed by atoms with Crippen LogP contribution in [0.1, 0.15) is 82.6 Å². The van der Waals surface area contributed by atoms with Crippen LogP contribution in [0.25, 0.3) is 88.3 Å². The molecule has 0 fully saturated rings. The molecular formula is C61H51N5. The summed E-state index contributed by atoms with van der Waals surface area (Å²) in [7, 11) is 0. The third-order valence-electron chi connectivity index (χ3n) is 15.2. The predicted octanol–water partition coefficient (Wildman–Crippen LogP) is 15.4. The molecule has 0 spiro atoms. The van der Waals surface area contributed by atoms with E-state index in [4.69, 9.17) is 15.0 Å². The standard InChI is InChI=1S/C61H51N5/c1-60(2)31-32-61(3,4)51-37-55-49(36-50(51)60)56-46-22-8-7-16-39(46)29-30-54(56)66(55)45-21-14-19-42(35-45)58-62-57(63-59(64-58)43-28-27-38-15-5-6-17-40(38)33-43)41-18-13-20-44(34-41)65-52-25-11-9-23-47(52)48-24-10-12-26-53(48)65/h5-13,15-20,22-30,34-37,40H,14,21,31-33H2,1-4H3. The molecule has 0 amide bonds. The van der Waals surface area contributed by atoms with E-state index in [1.165, 1.54) is 89.6 Å². The first-order valence-electron chi connectivity index (χ1n) is 23.7. The monoisotopic (exact) mass is 853 g/mol. The summed E-state index contributed by atoms with van der Waals surface area (Å²) in [4.78, 5) is 16.1. The number of rotatable bonds is 5. The highest BCUT2D eigenvalue weighted by Crippen LogP contribution is 2.50. The molecule has 0 saturated carbocycles. The van der Waals surface area contributed by atoms with Crippen LogP contribution in [0, 0.1) is 5.92 Å². The van der Waals surface area contributed by atoms with Crippen LogP contribution in [0.15, 0.2) is 176 Å². The Bertz CT molecular complexity index is 3690. The average Bonchev–Trinajstić information content (AvgIpc) is 3.88. The second-order valence-corrected chi connectivity index (χ2v) is 20.2. The van der Waals surface area contributed by atoms with Gasteiger partial charge in [0.25, 0.3) is 0 Å². The van der Waals surface area contributed by atoms with Gasteiger partial charge in [-0.2, -0.15) is 0 Å². The lowest BCUT2D eigenvalue weighted by Gasteiger charge is -2.42. The average molecular weight is 854 g/mol. The third kappa shape index (κ3) is 6.09. The van der Waals surface area contributed by atoms with Gasteiger partial charge in [-0.15, -0.1) is 0 Å². The fourth-order valence-corrected chi connectivity index (χ4v) is 11.6. The fraction of sp³-hybridized carbons (Fsp3) is 0.197. The summed E-state index contributed by atoms with van der Waals surface area (Å²) in [6.07, 6.45) is 22.9. The highest BCUT2D eigenvalue weighted by Gasteiger charge is 2.38. The normalized spacial score (nSPS) is 18.6. The van der Waals surface area contributed by atoms with Gasteiger partial charge in [0.1, 0.15) is 0 Å². The molecule has 1 atom stereocenters. The maximum atomic E-state index is 5.40. The Kier molecular flexibility index (Phi) is 8.62. The molecule has 1 unspecified atom stereocenters. The topological polar surface area (TPSA) is 48.5 Å². The molecule has 0 bridgehead atoms. The smallest absolute Gasteiger partial charge is 0.164 e. The molecule has 4 aliphatic rings. The van der Waals surface area contributed by atoms with Crippen molar-refractivity contribution in [2.45, 2.75) is 70.6 Å². The van der Waals surface area contributed by atoms with Crippen LogP contribution in [0.4, 0.5) is 0 Å². The first kappa shape index (κ1) is 39.0. The van der Waals surface area contributed by atoms with Gasteiger partial charge in [-0.1, -0.05) is 149 Å². The van der Waals surface area contributed by atoms with Crippen LogP contribution >= 0.6 is 0 Å². The van der Waals surface area contributed by atoms with Gasteiger partial charge in [0.05, 0.1) is 22.1 Å². The third-order valence-corrected chi connectivity index (χ3v) is 15.2. The summed E-state index contributed by atoms with van der Waals surface area (Å²) < 4.78 is 4.93. The Morgan fingerprint density at radius 1 is 0.576 bits per heavy atom. The second-order valence-electron chi connectivity index (χ2n) is 20.2. The lowest BCUT2D eigenvalue weighted by molar-refractivity contribution is 0.332. The summed E-state index contributed by atoms with van der Waals surface area (Å²) in [6, 6.07) is 44.7. The molecular weight excluding hydrogens is 803 g/mol. The molecule has 13 rings (SSSR count). The molecule has 9 aromatic rings. The number of aromatic nitrogens is 5. The van der Waals surface area contributed by atoms with Crippen LogP contribution in [0.3, 0.4) is 0 Å². The minimum Gasteiger partial charge on any atom is -0.313 e. The summed E-state index contributed by atoms with van der Waals surface area (Å²) in [5.41, 5.74) is 14.8. The Morgan fingerprint density at radius 2 is 1.29 bits per heavy atom. The largest absolute Gasteiger partial charge is 0.313 e. The highest BCUT2D eigenvalue weighted by molar-refractivity contribution is 6.22. The van der Waals surface area contributed by atoms with E-state index in [1.807, 2.05) is 0 Å². The van der Waals surface area contributed by atoms with Gasteiger partial charge in [0, 0.05) is 50.0 Å². The maximum Gasteiger partial charge on any atom is 0.164 e. The predicted molar refractivity (Wildman–Crippen MR) is 276 cm³/mol. The number of allylic oxidation sites excluding steroid dienone is 12. The number of fused-ring (bicyclic) bond motifs is 10. The van der Waals surface area contributed by atoms with Crippen LogP contribution in [0.2, 0.25) is 0 Å². The molecule has 6 aromatic carbocycles. The van der Waals surface area contributed by atoms with Gasteiger partial charge in [0.2, 0.25) is 0 Å². The molecule has 0 N–H and O–H groups in total. The van der Waals surface area contributed by atoms with Crippen LogP contribution in [0.5, 0.6) is 0 Å². The minimum atomic E-state index is 0.0817. The molecule has 66 heavy (non-hydrogen) atoms. The number of hydrogen-bond acceptors (Lipinski definition) is 3. The molecule has 3 aromatic heterocycles. The Morgan fingerprint density at radius 3 is 2.09 bits per heavy atom. The summed E-state index contributed by atoms with van der Waals surface area (Å²) in [5.74, 6) is 2.41. The number of para-hydroxylation sites is 2. The van der Waals surface area contributed by atoms with Crippen LogP contribution in [-0.2, 0) is 10.8 Å². The van der Waals surface area contributed by atoms with E-state index in [9.17, 15) is 0 Å². The molecule has 4 aliphatic carbocycles. The van der Waals surface area contributed by atoms with Crippen molar-refractivity contribution >= 4 is 71.2 Å². The summed E-state index contributed by atoms with van der Waals surface area (Å²) >= 11 is 0. The number of nitrogens with zero attached hydrogens (tertiary/aromatic N) is 5. The van der Waals surface area contributed by atoms with E-state index in [0.29, 0.717) is 17.6 Å². The molecule has 3 heterocycles. The molecule has 0 aliphatic heterocycles. The van der Waals surface area contributed by atoms with Gasteiger partial charge in [0.15, 0.2) is 17.5 Å². The van der Waals surface area contributed by atoms with Crippen molar-refractivity contribution in [2.24, 2.45) is 5.92 Å². The van der Waals surface area contributed by atoms with Crippen molar-refractivity contribution in [2.75, 3.05) is 0 Å². The van der Waals surface area contributed by atoms with E-state index in [1.54, 1.807) is 0 Å². The second kappa shape index (κ2) is 14.6. The number of hydrogen-bond donors (Lipinski definition) is 0. The van der Waals surface area contributed by atoms with E-state index in [-0.39, 0.29) is 10.8 Å². The molecule has 320 valence electrons. The van der Waals surface area contributed by atoms with Gasteiger partial charge in [-0.3, -0.25) is 0 Å². The summed E-state index contributed by atoms with van der Waals surface area (Å²) in [6.45, 7) is 9.74. The lowest BCUT2D eigenvalue weighted by atomic mass is 9.63. The van der Waals surface area contributed by atoms with Crippen molar-refractivity contribution < 1.29 is 0 Å². The van der Waals surface area contributed by atoms with E-state index >= 15 is 0 Å². The first-order valence-corrected chi connectivity index (χ1v) is 23.7. The van der Waals surface area contributed by atoms with Crippen LogP contribution < -0.4 is 0 Å². The van der Waals surface area contributed by atoms with Crippen molar-refractivity contribution in [1.29, 1.82) is 0 Å². The van der Waals surface area contributed by atoms with Crippen molar-refractivity contribution in [3.05, 3.63) is 198 Å². The van der Waals surface area contributed by atoms with Gasteiger partial charge in [-0.25, -0.2) is 15.0 Å². The zero-order chi connectivity index (χ0) is 44.3. The van der Waals surface area contributed by atoms with E-state index < -0.39 is 0 Å². The van der Waals surface area contributed by atoms with E-state index in [2.05, 4.69) is 207 Å².